The molecule has 20 heavy (non-hydrogen) atoms. The number of halogens is 1. The van der Waals surface area contributed by atoms with E-state index in [0.717, 1.165) is 5.69 Å². The van der Waals surface area contributed by atoms with Crippen molar-refractivity contribution in [3.63, 3.8) is 0 Å². The number of carboxylic acid groups (broad SMARTS) is 1. The molecule has 1 heterocycles. The highest BCUT2D eigenvalue weighted by Gasteiger charge is 2.11. The van der Waals surface area contributed by atoms with Gasteiger partial charge in [-0.2, -0.15) is 0 Å². The number of hydrogen-bond donors (Lipinski definition) is 1. The first-order valence-corrected chi connectivity index (χ1v) is 7.14. The van der Waals surface area contributed by atoms with E-state index in [2.05, 4.69) is 4.98 Å². The van der Waals surface area contributed by atoms with Gasteiger partial charge in [0.1, 0.15) is 5.82 Å². The van der Waals surface area contributed by atoms with Crippen LogP contribution < -0.4 is 0 Å². The van der Waals surface area contributed by atoms with E-state index >= 15 is 0 Å². The van der Waals surface area contributed by atoms with E-state index in [1.807, 2.05) is 18.4 Å². The molecule has 0 aliphatic heterocycles. The molecular weight excluding hydrogens is 279 g/mol. The highest BCUT2D eigenvalue weighted by molar-refractivity contribution is 7.98. The van der Waals surface area contributed by atoms with Crippen LogP contribution in [0.2, 0.25) is 0 Å². The fraction of sp³-hybridized carbons (Fsp3) is 0.286. The first-order chi connectivity index (χ1) is 9.49. The maximum Gasteiger partial charge on any atom is 0.335 e. The van der Waals surface area contributed by atoms with Crippen LogP contribution in [0, 0.1) is 5.82 Å². The normalized spacial score (nSPS) is 11.0. The van der Waals surface area contributed by atoms with Crippen molar-refractivity contribution in [1.29, 1.82) is 0 Å². The van der Waals surface area contributed by atoms with Crippen molar-refractivity contribution < 1.29 is 14.3 Å². The van der Waals surface area contributed by atoms with Gasteiger partial charge in [-0.05, 0) is 32.0 Å². The molecule has 0 aliphatic rings. The molecule has 0 radical (unpaired) electrons. The summed E-state index contributed by atoms with van der Waals surface area (Å²) in [5, 5.41) is 8.92. The lowest BCUT2D eigenvalue weighted by molar-refractivity contribution is 0.0696. The number of thioether (sulfide) groups is 1. The Morgan fingerprint density at radius 2 is 2.25 bits per heavy atom. The van der Waals surface area contributed by atoms with Crippen molar-refractivity contribution in [1.82, 2.24) is 9.55 Å². The Labute approximate surface area is 120 Å². The molecule has 0 amide bonds. The van der Waals surface area contributed by atoms with Crippen molar-refractivity contribution >= 4 is 17.7 Å². The zero-order chi connectivity index (χ0) is 14.7. The summed E-state index contributed by atoms with van der Waals surface area (Å²) >= 11 is 1.27. The largest absolute Gasteiger partial charge is 0.478 e. The molecule has 0 saturated carbocycles. The number of carboxylic acids is 1. The van der Waals surface area contributed by atoms with Crippen LogP contribution >= 0.6 is 11.8 Å². The van der Waals surface area contributed by atoms with Gasteiger partial charge in [-0.1, -0.05) is 0 Å². The fourth-order valence-corrected chi connectivity index (χ4v) is 2.75. The van der Waals surface area contributed by atoms with Crippen LogP contribution in [0.15, 0.2) is 35.6 Å². The van der Waals surface area contributed by atoms with E-state index in [9.17, 15) is 9.18 Å². The van der Waals surface area contributed by atoms with E-state index in [1.54, 1.807) is 12.5 Å². The molecule has 0 bridgehead atoms. The van der Waals surface area contributed by atoms with Crippen LogP contribution in [-0.2, 0) is 5.75 Å². The van der Waals surface area contributed by atoms with Gasteiger partial charge < -0.3 is 9.67 Å². The fourth-order valence-electron chi connectivity index (χ4n) is 1.81. The lowest BCUT2D eigenvalue weighted by Crippen LogP contribution is -2.03. The number of rotatable bonds is 5. The summed E-state index contributed by atoms with van der Waals surface area (Å²) in [5.74, 6) is -0.923. The third-order valence-electron chi connectivity index (χ3n) is 2.86. The summed E-state index contributed by atoms with van der Waals surface area (Å²) in [5.41, 5.74) is 1.07. The number of aromatic nitrogens is 2. The minimum atomic E-state index is -1.06. The Hall–Kier alpha value is -1.82. The highest BCUT2D eigenvalue weighted by atomic mass is 32.2. The molecular formula is C14H15FN2O2S. The molecule has 2 aromatic rings. The topological polar surface area (TPSA) is 55.1 Å². The molecule has 0 atom stereocenters. The van der Waals surface area contributed by atoms with Gasteiger partial charge in [-0.25, -0.2) is 14.2 Å². The Morgan fingerprint density at radius 1 is 1.50 bits per heavy atom. The summed E-state index contributed by atoms with van der Waals surface area (Å²) in [6.07, 6.45) is 3.48. The predicted molar refractivity (Wildman–Crippen MR) is 75.5 cm³/mol. The van der Waals surface area contributed by atoms with Crippen molar-refractivity contribution in [3.05, 3.63) is 47.8 Å². The van der Waals surface area contributed by atoms with Gasteiger partial charge in [0.05, 0.1) is 11.9 Å². The first-order valence-electron chi connectivity index (χ1n) is 6.15. The second kappa shape index (κ2) is 6.09. The Bertz CT molecular complexity index is 625. The van der Waals surface area contributed by atoms with Gasteiger partial charge in [0.25, 0.3) is 0 Å². The molecule has 1 aromatic carbocycles. The van der Waals surface area contributed by atoms with E-state index in [0.29, 0.717) is 10.6 Å². The van der Waals surface area contributed by atoms with Gasteiger partial charge >= 0.3 is 5.97 Å². The molecule has 0 saturated heterocycles. The number of benzene rings is 1. The molecule has 1 aromatic heterocycles. The van der Waals surface area contributed by atoms with Crippen molar-refractivity contribution in [2.45, 2.75) is 30.5 Å². The maximum atomic E-state index is 13.7. The van der Waals surface area contributed by atoms with E-state index in [1.165, 1.54) is 30.0 Å². The predicted octanol–water partition coefficient (Wildman–Crippen LogP) is 3.59. The number of aromatic carboxylic acids is 1. The molecule has 6 heteroatoms. The van der Waals surface area contributed by atoms with Gasteiger partial charge in [-0.15, -0.1) is 11.8 Å². The lowest BCUT2D eigenvalue weighted by Gasteiger charge is -2.11. The van der Waals surface area contributed by atoms with Crippen molar-refractivity contribution in [2.75, 3.05) is 0 Å². The average Bonchev–Trinajstić information content (AvgIpc) is 2.86. The van der Waals surface area contributed by atoms with Gasteiger partial charge in [0.15, 0.2) is 0 Å². The van der Waals surface area contributed by atoms with Crippen LogP contribution in [0.1, 0.15) is 35.9 Å². The Morgan fingerprint density at radius 3 is 2.90 bits per heavy atom. The zero-order valence-corrected chi connectivity index (χ0v) is 12.0. The van der Waals surface area contributed by atoms with Crippen molar-refractivity contribution in [3.8, 4) is 0 Å². The van der Waals surface area contributed by atoms with Crippen LogP contribution in [0.3, 0.4) is 0 Å². The second-order valence-electron chi connectivity index (χ2n) is 4.63. The van der Waals surface area contributed by atoms with E-state index < -0.39 is 11.8 Å². The minimum absolute atomic E-state index is 0.0891. The first kappa shape index (κ1) is 14.6. The van der Waals surface area contributed by atoms with Gasteiger partial charge in [-0.3, -0.25) is 0 Å². The number of imidazole rings is 1. The molecule has 0 aliphatic carbocycles. The van der Waals surface area contributed by atoms with Crippen molar-refractivity contribution in [2.24, 2.45) is 0 Å². The summed E-state index contributed by atoms with van der Waals surface area (Å²) < 4.78 is 15.7. The van der Waals surface area contributed by atoms with Crippen LogP contribution in [0.25, 0.3) is 0 Å². The van der Waals surface area contributed by atoms with E-state index in [4.69, 9.17) is 5.11 Å². The summed E-state index contributed by atoms with van der Waals surface area (Å²) in [6, 6.07) is 4.09. The third kappa shape index (κ3) is 3.19. The highest BCUT2D eigenvalue weighted by Crippen LogP contribution is 2.27. The summed E-state index contributed by atoms with van der Waals surface area (Å²) in [6.45, 7) is 4.09. The zero-order valence-electron chi connectivity index (χ0n) is 11.2. The number of hydrogen-bond acceptors (Lipinski definition) is 3. The lowest BCUT2D eigenvalue weighted by atomic mass is 10.2. The Balaban J connectivity index is 2.16. The van der Waals surface area contributed by atoms with Crippen LogP contribution in [0.5, 0.6) is 0 Å². The molecule has 4 nitrogen and oxygen atoms in total. The SMILES string of the molecule is CC(C)n1cncc1CSc1cc(C(=O)O)ccc1F. The van der Waals surface area contributed by atoms with Gasteiger partial charge in [0.2, 0.25) is 0 Å². The number of carbonyl (C=O) groups is 1. The third-order valence-corrected chi connectivity index (χ3v) is 3.92. The molecule has 0 fully saturated rings. The van der Waals surface area contributed by atoms with Crippen LogP contribution in [0.4, 0.5) is 4.39 Å². The molecule has 106 valence electrons. The van der Waals surface area contributed by atoms with Crippen LogP contribution in [-0.4, -0.2) is 20.6 Å². The monoisotopic (exact) mass is 294 g/mol. The molecule has 0 unspecified atom stereocenters. The molecule has 2 rings (SSSR count). The molecule has 0 spiro atoms. The standard InChI is InChI=1S/C14H15FN2O2S/c1-9(2)17-8-16-6-11(17)7-20-13-5-10(14(18)19)3-4-12(13)15/h3-6,8-9H,7H2,1-2H3,(H,18,19). The van der Waals surface area contributed by atoms with E-state index in [-0.39, 0.29) is 11.6 Å². The van der Waals surface area contributed by atoms with Gasteiger partial charge in [0, 0.05) is 28.6 Å². The summed E-state index contributed by atoms with van der Waals surface area (Å²) in [7, 11) is 0. The number of nitrogens with zero attached hydrogens (tertiary/aromatic N) is 2. The molecule has 1 N–H and O–H groups in total. The minimum Gasteiger partial charge on any atom is -0.478 e. The maximum absolute atomic E-state index is 13.7. The quantitative estimate of drug-likeness (QED) is 0.856. The Kier molecular flexibility index (Phi) is 4.44. The summed E-state index contributed by atoms with van der Waals surface area (Å²) in [4.78, 5) is 15.3. The smallest absolute Gasteiger partial charge is 0.335 e. The average molecular weight is 294 g/mol. The second-order valence-corrected chi connectivity index (χ2v) is 5.64.